The van der Waals surface area contributed by atoms with Crippen molar-refractivity contribution < 1.29 is 12.8 Å². The molecule has 0 aliphatic rings. The normalized spacial score (nSPS) is 12.1. The number of anilines is 1. The van der Waals surface area contributed by atoms with Crippen molar-refractivity contribution in [2.75, 3.05) is 11.5 Å². The number of unbranched alkanes of at least 4 members (excludes halogenated alkanes) is 1. The standard InChI is InChI=1S/C14H19FN2O2S/c1-14(2,10-16)5-3-4-6-20(18,19)13-8-11(15)7-12(17)9-13/h7-9H,3-6,17H2,1-2H3. The van der Waals surface area contributed by atoms with E-state index in [1.54, 1.807) is 0 Å². The van der Waals surface area contributed by atoms with Crippen molar-refractivity contribution in [2.45, 2.75) is 38.0 Å². The number of halogens is 1. The molecule has 0 aliphatic heterocycles. The first-order valence-electron chi connectivity index (χ1n) is 6.36. The third-order valence-corrected chi connectivity index (χ3v) is 4.80. The average molecular weight is 298 g/mol. The highest BCUT2D eigenvalue weighted by atomic mass is 32.2. The highest BCUT2D eigenvalue weighted by Crippen LogP contribution is 2.23. The van der Waals surface area contributed by atoms with Crippen molar-refractivity contribution in [3.63, 3.8) is 0 Å². The van der Waals surface area contributed by atoms with Gasteiger partial charge in [-0.25, -0.2) is 12.8 Å². The van der Waals surface area contributed by atoms with Gasteiger partial charge in [0.25, 0.3) is 0 Å². The summed E-state index contributed by atoms with van der Waals surface area (Å²) in [6, 6.07) is 5.49. The molecular weight excluding hydrogens is 279 g/mol. The van der Waals surface area contributed by atoms with E-state index in [0.717, 1.165) is 12.1 Å². The lowest BCUT2D eigenvalue weighted by atomic mass is 9.89. The Morgan fingerprint density at radius 3 is 2.50 bits per heavy atom. The van der Waals surface area contributed by atoms with Crippen molar-refractivity contribution in [3.8, 4) is 6.07 Å². The first kappa shape index (κ1) is 16.4. The molecule has 0 unspecified atom stereocenters. The molecule has 0 aliphatic carbocycles. The molecule has 2 N–H and O–H groups in total. The molecule has 0 fully saturated rings. The summed E-state index contributed by atoms with van der Waals surface area (Å²) in [4.78, 5) is -0.0884. The molecule has 0 atom stereocenters. The molecule has 1 rings (SSSR count). The zero-order valence-corrected chi connectivity index (χ0v) is 12.5. The fourth-order valence-corrected chi connectivity index (χ4v) is 3.22. The van der Waals surface area contributed by atoms with Crippen LogP contribution in [0.1, 0.15) is 33.1 Å². The van der Waals surface area contributed by atoms with Gasteiger partial charge >= 0.3 is 0 Å². The minimum absolute atomic E-state index is 0.0720. The zero-order chi connectivity index (χ0) is 15.4. The summed E-state index contributed by atoms with van der Waals surface area (Å²) >= 11 is 0. The highest BCUT2D eigenvalue weighted by Gasteiger charge is 2.19. The summed E-state index contributed by atoms with van der Waals surface area (Å²) in [5.74, 6) is -0.730. The molecular formula is C14H19FN2O2S. The smallest absolute Gasteiger partial charge is 0.178 e. The van der Waals surface area contributed by atoms with Gasteiger partial charge in [-0.1, -0.05) is 6.42 Å². The fourth-order valence-electron chi connectivity index (χ4n) is 1.80. The van der Waals surface area contributed by atoms with Crippen LogP contribution in [0, 0.1) is 22.6 Å². The average Bonchev–Trinajstić information content (AvgIpc) is 2.34. The number of nitrogen functional groups attached to an aromatic ring is 1. The molecule has 0 spiro atoms. The van der Waals surface area contributed by atoms with Crippen molar-refractivity contribution in [1.29, 1.82) is 5.26 Å². The van der Waals surface area contributed by atoms with Crippen LogP contribution in [-0.2, 0) is 9.84 Å². The Bertz CT molecular complexity index is 598. The SMILES string of the molecule is CC(C)(C#N)CCCCS(=O)(=O)c1cc(N)cc(F)c1. The van der Waals surface area contributed by atoms with E-state index in [1.165, 1.54) is 6.07 Å². The second-order valence-corrected chi connectivity index (χ2v) is 7.60. The molecule has 6 heteroatoms. The van der Waals surface area contributed by atoms with E-state index in [-0.39, 0.29) is 16.3 Å². The van der Waals surface area contributed by atoms with E-state index < -0.39 is 21.1 Å². The summed E-state index contributed by atoms with van der Waals surface area (Å²) < 4.78 is 37.3. The number of hydrogen-bond donors (Lipinski definition) is 1. The van der Waals surface area contributed by atoms with Crippen LogP contribution in [0.15, 0.2) is 23.1 Å². The van der Waals surface area contributed by atoms with E-state index >= 15 is 0 Å². The number of benzene rings is 1. The lowest BCUT2D eigenvalue weighted by molar-refractivity contribution is 0.431. The Morgan fingerprint density at radius 2 is 1.95 bits per heavy atom. The number of sulfone groups is 1. The number of hydrogen-bond acceptors (Lipinski definition) is 4. The van der Waals surface area contributed by atoms with Gasteiger partial charge in [0.2, 0.25) is 0 Å². The lowest BCUT2D eigenvalue weighted by Gasteiger charge is -2.14. The maximum absolute atomic E-state index is 13.2. The van der Waals surface area contributed by atoms with Crippen LogP contribution in [-0.4, -0.2) is 14.2 Å². The van der Waals surface area contributed by atoms with Gasteiger partial charge in [0.1, 0.15) is 5.82 Å². The Balaban J connectivity index is 2.65. The van der Waals surface area contributed by atoms with Gasteiger partial charge in [-0.05, 0) is 44.9 Å². The molecule has 0 saturated carbocycles. The molecule has 0 heterocycles. The van der Waals surface area contributed by atoms with Crippen LogP contribution < -0.4 is 5.73 Å². The lowest BCUT2D eigenvalue weighted by Crippen LogP contribution is -2.11. The Labute approximate surface area is 119 Å². The summed E-state index contributed by atoms with van der Waals surface area (Å²) in [5, 5.41) is 8.87. The number of nitrogens with two attached hydrogens (primary N) is 1. The molecule has 110 valence electrons. The molecule has 4 nitrogen and oxygen atoms in total. The van der Waals surface area contributed by atoms with Crippen LogP contribution >= 0.6 is 0 Å². The molecule has 20 heavy (non-hydrogen) atoms. The van der Waals surface area contributed by atoms with Crippen LogP contribution in [0.2, 0.25) is 0 Å². The van der Waals surface area contributed by atoms with Gasteiger partial charge < -0.3 is 5.73 Å². The monoisotopic (exact) mass is 298 g/mol. The van der Waals surface area contributed by atoms with Gasteiger partial charge in [-0.3, -0.25) is 0 Å². The second kappa shape index (κ2) is 6.23. The minimum Gasteiger partial charge on any atom is -0.399 e. The van der Waals surface area contributed by atoms with Crippen LogP contribution in [0.25, 0.3) is 0 Å². The molecule has 0 amide bonds. The van der Waals surface area contributed by atoms with Gasteiger partial charge in [-0.15, -0.1) is 0 Å². The summed E-state index contributed by atoms with van der Waals surface area (Å²) in [5.41, 5.74) is 5.09. The Kier molecular flexibility index (Phi) is 5.12. The predicted octanol–water partition coefficient (Wildman–Crippen LogP) is 2.90. The molecule has 0 saturated heterocycles. The van der Waals surface area contributed by atoms with Gasteiger partial charge in [0, 0.05) is 5.69 Å². The topological polar surface area (TPSA) is 84.0 Å². The van der Waals surface area contributed by atoms with Crippen molar-refractivity contribution in [3.05, 3.63) is 24.0 Å². The van der Waals surface area contributed by atoms with E-state index in [9.17, 15) is 12.8 Å². The van der Waals surface area contributed by atoms with E-state index in [1.807, 2.05) is 13.8 Å². The van der Waals surface area contributed by atoms with Crippen molar-refractivity contribution >= 4 is 15.5 Å². The third-order valence-electron chi connectivity index (χ3n) is 3.02. The maximum atomic E-state index is 13.2. The number of rotatable bonds is 6. The van der Waals surface area contributed by atoms with Crippen molar-refractivity contribution in [1.82, 2.24) is 0 Å². The second-order valence-electron chi connectivity index (χ2n) is 5.49. The number of nitriles is 1. The van der Waals surface area contributed by atoms with E-state index in [0.29, 0.717) is 19.3 Å². The Hall–Kier alpha value is -1.61. The number of nitrogens with zero attached hydrogens (tertiary/aromatic N) is 1. The van der Waals surface area contributed by atoms with Crippen LogP contribution in [0.3, 0.4) is 0 Å². The first-order valence-corrected chi connectivity index (χ1v) is 8.02. The minimum atomic E-state index is -3.53. The molecule has 0 bridgehead atoms. The van der Waals surface area contributed by atoms with E-state index in [2.05, 4.69) is 6.07 Å². The summed E-state index contributed by atoms with van der Waals surface area (Å²) in [6.07, 6.45) is 1.69. The van der Waals surface area contributed by atoms with Gasteiger partial charge in [-0.2, -0.15) is 5.26 Å². The first-order chi connectivity index (χ1) is 9.16. The predicted molar refractivity (Wildman–Crippen MR) is 76.1 cm³/mol. The fraction of sp³-hybridized carbons (Fsp3) is 0.500. The summed E-state index contributed by atoms with van der Waals surface area (Å²) in [6.45, 7) is 3.63. The third kappa shape index (κ3) is 4.82. The van der Waals surface area contributed by atoms with E-state index in [4.69, 9.17) is 11.0 Å². The maximum Gasteiger partial charge on any atom is 0.178 e. The van der Waals surface area contributed by atoms with Gasteiger partial charge in [0.15, 0.2) is 9.84 Å². The molecule has 1 aromatic carbocycles. The van der Waals surface area contributed by atoms with Gasteiger partial charge in [0.05, 0.1) is 22.1 Å². The van der Waals surface area contributed by atoms with Crippen LogP contribution in [0.5, 0.6) is 0 Å². The quantitative estimate of drug-likeness (QED) is 0.646. The molecule has 1 aromatic rings. The summed E-state index contributed by atoms with van der Waals surface area (Å²) in [7, 11) is -3.53. The molecule has 0 radical (unpaired) electrons. The molecule has 0 aromatic heterocycles. The zero-order valence-electron chi connectivity index (χ0n) is 11.7. The van der Waals surface area contributed by atoms with Crippen LogP contribution in [0.4, 0.5) is 10.1 Å². The highest BCUT2D eigenvalue weighted by molar-refractivity contribution is 7.91. The Morgan fingerprint density at radius 1 is 1.30 bits per heavy atom. The largest absolute Gasteiger partial charge is 0.399 e. The van der Waals surface area contributed by atoms with Crippen molar-refractivity contribution in [2.24, 2.45) is 5.41 Å².